The number of nitrogens with zero attached hydrogens (tertiary/aromatic N) is 2. The second-order valence-corrected chi connectivity index (χ2v) is 10.9. The number of carbonyl (C=O) groups excluding carboxylic acids is 2. The molecule has 1 aromatic heterocycles. The third-order valence-corrected chi connectivity index (χ3v) is 7.11. The fourth-order valence-corrected chi connectivity index (χ4v) is 4.71. The molecular weight excluding hydrogens is 509 g/mol. The van der Waals surface area contributed by atoms with Gasteiger partial charge in [-0.1, -0.05) is 35.9 Å². The van der Waals surface area contributed by atoms with Gasteiger partial charge in [-0.25, -0.2) is 18.2 Å². The van der Waals surface area contributed by atoms with Gasteiger partial charge in [-0.3, -0.25) is 14.0 Å². The Morgan fingerprint density at radius 3 is 2.32 bits per heavy atom. The number of carbonyl (C=O) groups is 2. The van der Waals surface area contributed by atoms with Gasteiger partial charge in [-0.05, 0) is 31.2 Å². The van der Waals surface area contributed by atoms with Crippen molar-refractivity contribution in [1.29, 1.82) is 0 Å². The molecule has 2 N–H and O–H groups in total. The molecule has 0 saturated carbocycles. The first-order chi connectivity index (χ1) is 17.2. The molecule has 0 spiro atoms. The van der Waals surface area contributed by atoms with Crippen LogP contribution >= 0.6 is 0 Å². The third kappa shape index (κ3) is 7.26. The normalized spacial score (nSPS) is 12.4. The predicted octanol–water partition coefficient (Wildman–Crippen LogP) is 3.91. The Labute approximate surface area is 213 Å². The molecule has 0 aliphatic carbocycles. The number of halogens is 3. The summed E-state index contributed by atoms with van der Waals surface area (Å²) in [7, 11) is -1.55. The molecule has 2 aromatic carbocycles. The molecule has 3 rings (SSSR count). The van der Waals surface area contributed by atoms with Gasteiger partial charge in [0.1, 0.15) is 0 Å². The molecule has 198 valence electrons. The molecule has 0 atom stereocenters. The van der Waals surface area contributed by atoms with Crippen LogP contribution in [0.5, 0.6) is 0 Å². The van der Waals surface area contributed by atoms with Crippen molar-refractivity contribution >= 4 is 38.4 Å². The molecule has 12 heteroatoms. The number of hydrogen-bond acceptors (Lipinski definition) is 5. The molecule has 0 fully saturated rings. The van der Waals surface area contributed by atoms with E-state index in [0.29, 0.717) is 16.6 Å². The van der Waals surface area contributed by atoms with Crippen LogP contribution in [0.2, 0.25) is 0 Å². The number of nitrogens with one attached hydrogen (secondary N) is 2. The molecule has 0 bridgehead atoms. The summed E-state index contributed by atoms with van der Waals surface area (Å²) in [6, 6.07) is 14.9. The van der Waals surface area contributed by atoms with Gasteiger partial charge in [0, 0.05) is 18.2 Å². The van der Waals surface area contributed by atoms with Crippen molar-refractivity contribution in [3.63, 3.8) is 0 Å². The van der Waals surface area contributed by atoms with Crippen LogP contribution in [0.25, 0.3) is 10.9 Å². The first kappa shape index (κ1) is 28.1. The Morgan fingerprint density at radius 2 is 1.68 bits per heavy atom. The molecule has 3 aromatic rings. The SMILES string of the molecule is Cc1ccc(S(=O)(=O)Nc2cccc3ccc(CNC(=O)CCC[N+](C)(C)C(=O)C(F)(F)F)nc23)cc1. The molecule has 0 unspecified atom stereocenters. The summed E-state index contributed by atoms with van der Waals surface area (Å²) in [6.45, 7) is 1.74. The summed E-state index contributed by atoms with van der Waals surface area (Å²) in [5.74, 6) is -2.28. The van der Waals surface area contributed by atoms with E-state index in [9.17, 15) is 31.2 Å². The van der Waals surface area contributed by atoms with E-state index in [1.165, 1.54) is 12.1 Å². The van der Waals surface area contributed by atoms with Crippen molar-refractivity contribution in [3.05, 3.63) is 65.9 Å². The van der Waals surface area contributed by atoms with Gasteiger partial charge >= 0.3 is 12.1 Å². The van der Waals surface area contributed by atoms with Crippen LogP contribution in [0.4, 0.5) is 18.9 Å². The first-order valence-corrected chi connectivity index (χ1v) is 12.9. The summed E-state index contributed by atoms with van der Waals surface area (Å²) in [5.41, 5.74) is 2.07. The average Bonchev–Trinajstić information content (AvgIpc) is 2.82. The Bertz CT molecular complexity index is 1410. The third-order valence-electron chi connectivity index (χ3n) is 5.73. The van der Waals surface area contributed by atoms with Gasteiger partial charge in [0.25, 0.3) is 10.0 Å². The second kappa shape index (κ2) is 10.9. The Kier molecular flexibility index (Phi) is 8.23. The number of quaternary nitrogens is 1. The standard InChI is InChI=1S/C25H27F3N4O4S/c1-17-9-13-20(14-10-17)37(35,36)31-21-7-4-6-18-11-12-19(30-23(18)21)16-29-22(33)8-5-15-32(2,3)24(34)25(26,27)28/h4,6-7,9-14,31H,5,8,15-16H2,1-3H3/p+1. The lowest BCUT2D eigenvalue weighted by atomic mass is 10.1. The summed E-state index contributed by atoms with van der Waals surface area (Å²) in [5, 5.41) is 3.34. The molecule has 0 radical (unpaired) electrons. The first-order valence-electron chi connectivity index (χ1n) is 11.4. The van der Waals surface area contributed by atoms with Crippen LogP contribution in [0.3, 0.4) is 0 Å². The average molecular weight is 538 g/mol. The smallest absolute Gasteiger partial charge is 0.350 e. The number of fused-ring (bicyclic) bond motifs is 1. The van der Waals surface area contributed by atoms with E-state index in [1.807, 2.05) is 6.92 Å². The highest BCUT2D eigenvalue weighted by Crippen LogP contribution is 2.25. The minimum atomic E-state index is -4.94. The Morgan fingerprint density at radius 1 is 1.00 bits per heavy atom. The van der Waals surface area contributed by atoms with Crippen LogP contribution in [0.15, 0.2) is 59.5 Å². The molecule has 0 saturated heterocycles. The zero-order valence-electron chi connectivity index (χ0n) is 20.6. The molecule has 1 heterocycles. The van der Waals surface area contributed by atoms with E-state index in [1.54, 1.807) is 42.5 Å². The van der Waals surface area contributed by atoms with Crippen LogP contribution in [-0.4, -0.2) is 56.5 Å². The van der Waals surface area contributed by atoms with E-state index in [4.69, 9.17) is 0 Å². The summed E-state index contributed by atoms with van der Waals surface area (Å²) in [6.07, 6.45) is -4.93. The van der Waals surface area contributed by atoms with E-state index in [-0.39, 0.29) is 36.5 Å². The number of benzene rings is 2. The van der Waals surface area contributed by atoms with Gasteiger partial charge in [-0.15, -0.1) is 0 Å². The van der Waals surface area contributed by atoms with Crippen molar-refractivity contribution in [1.82, 2.24) is 10.3 Å². The number of anilines is 1. The van der Waals surface area contributed by atoms with Crippen molar-refractivity contribution in [3.8, 4) is 0 Å². The number of hydrogen-bond donors (Lipinski definition) is 2. The zero-order chi connectivity index (χ0) is 27.4. The number of rotatable bonds is 9. The maximum absolute atomic E-state index is 12.8. The lowest BCUT2D eigenvalue weighted by Crippen LogP contribution is -2.52. The highest BCUT2D eigenvalue weighted by atomic mass is 32.2. The van der Waals surface area contributed by atoms with Crippen LogP contribution < -0.4 is 10.0 Å². The van der Waals surface area contributed by atoms with Gasteiger partial charge in [-0.2, -0.15) is 13.2 Å². The number of aromatic nitrogens is 1. The number of sulfonamides is 1. The lowest BCUT2D eigenvalue weighted by molar-refractivity contribution is -0.819. The van der Waals surface area contributed by atoms with Crippen LogP contribution in [0, 0.1) is 6.92 Å². The van der Waals surface area contributed by atoms with Crippen molar-refractivity contribution in [2.75, 3.05) is 25.4 Å². The van der Waals surface area contributed by atoms with Crippen molar-refractivity contribution in [2.24, 2.45) is 0 Å². The molecule has 2 amide bonds. The van der Waals surface area contributed by atoms with E-state index in [2.05, 4.69) is 15.0 Å². The van der Waals surface area contributed by atoms with E-state index >= 15 is 0 Å². The zero-order valence-corrected chi connectivity index (χ0v) is 21.4. The largest absolute Gasteiger partial charge is 0.509 e. The van der Waals surface area contributed by atoms with Gasteiger partial charge in [0.05, 0.1) is 49.0 Å². The summed E-state index contributed by atoms with van der Waals surface area (Å²) in [4.78, 5) is 28.3. The quantitative estimate of drug-likeness (QED) is 0.403. The summed E-state index contributed by atoms with van der Waals surface area (Å²) >= 11 is 0. The maximum Gasteiger partial charge on any atom is 0.509 e. The number of para-hydroxylation sites is 1. The minimum Gasteiger partial charge on any atom is -0.350 e. The summed E-state index contributed by atoms with van der Waals surface area (Å²) < 4.78 is 65.4. The maximum atomic E-state index is 12.8. The number of pyridine rings is 1. The predicted molar refractivity (Wildman–Crippen MR) is 133 cm³/mol. The second-order valence-electron chi connectivity index (χ2n) is 9.19. The van der Waals surface area contributed by atoms with Gasteiger partial charge in [0.2, 0.25) is 5.91 Å². The number of alkyl halides is 3. The Hall–Kier alpha value is -3.51. The molecule has 0 aliphatic rings. The van der Waals surface area contributed by atoms with Crippen molar-refractivity contribution in [2.45, 2.75) is 37.4 Å². The fraction of sp³-hybridized carbons (Fsp3) is 0.320. The molecule has 37 heavy (non-hydrogen) atoms. The monoisotopic (exact) mass is 537 g/mol. The number of amides is 2. The molecular formula is C25H28F3N4O4S+. The fourth-order valence-electron chi connectivity index (χ4n) is 3.65. The van der Waals surface area contributed by atoms with Gasteiger partial charge in [0.15, 0.2) is 0 Å². The topological polar surface area (TPSA) is 105 Å². The van der Waals surface area contributed by atoms with Gasteiger partial charge < -0.3 is 5.32 Å². The van der Waals surface area contributed by atoms with Crippen molar-refractivity contribution < 1.29 is 35.7 Å². The Balaban J connectivity index is 1.65. The van der Waals surface area contributed by atoms with E-state index in [0.717, 1.165) is 19.7 Å². The van der Waals surface area contributed by atoms with Crippen LogP contribution in [-0.2, 0) is 26.2 Å². The van der Waals surface area contributed by atoms with Crippen LogP contribution in [0.1, 0.15) is 24.1 Å². The lowest BCUT2D eigenvalue weighted by Gasteiger charge is -2.27. The minimum absolute atomic E-state index is 0.0353. The highest BCUT2D eigenvalue weighted by molar-refractivity contribution is 7.92. The van der Waals surface area contributed by atoms with E-state index < -0.39 is 32.5 Å². The highest BCUT2D eigenvalue weighted by Gasteiger charge is 2.50. The number of aryl methyl sites for hydroxylation is 1. The molecule has 0 aliphatic heterocycles. The molecule has 8 nitrogen and oxygen atoms in total.